The highest BCUT2D eigenvalue weighted by Crippen LogP contribution is 2.26. The number of thiazole rings is 1. The van der Waals surface area contributed by atoms with Gasteiger partial charge >= 0.3 is 0 Å². The first-order valence-electron chi connectivity index (χ1n) is 4.90. The molecule has 3 rings (SSSR count). The van der Waals surface area contributed by atoms with E-state index in [4.69, 9.17) is 0 Å². The van der Waals surface area contributed by atoms with Crippen molar-refractivity contribution in [3.63, 3.8) is 0 Å². The zero-order valence-corrected chi connectivity index (χ0v) is 9.12. The Labute approximate surface area is 96.3 Å². The van der Waals surface area contributed by atoms with Crippen LogP contribution in [0.25, 0.3) is 0 Å². The number of benzene rings is 1. The quantitative estimate of drug-likeness (QED) is 0.789. The Kier molecular flexibility index (Phi) is 2.11. The van der Waals surface area contributed by atoms with Gasteiger partial charge in [-0.15, -0.1) is 11.3 Å². The molecule has 1 aromatic carbocycles. The highest BCUT2D eigenvalue weighted by molar-refractivity contribution is 7.09. The van der Waals surface area contributed by atoms with Gasteiger partial charge in [-0.05, 0) is 12.1 Å². The second-order valence-electron chi connectivity index (χ2n) is 3.47. The van der Waals surface area contributed by atoms with Crippen molar-refractivity contribution in [3.8, 4) is 0 Å². The summed E-state index contributed by atoms with van der Waals surface area (Å²) >= 11 is 1.52. The van der Waals surface area contributed by atoms with Gasteiger partial charge < -0.3 is 10.6 Å². The molecule has 2 heterocycles. The molecule has 0 spiro atoms. The van der Waals surface area contributed by atoms with E-state index in [1.54, 1.807) is 12.3 Å². The van der Waals surface area contributed by atoms with E-state index in [0.29, 0.717) is 5.56 Å². The smallest absolute Gasteiger partial charge is 0.255 e. The zero-order chi connectivity index (χ0) is 11.0. The van der Waals surface area contributed by atoms with Crippen LogP contribution < -0.4 is 10.6 Å². The van der Waals surface area contributed by atoms with Gasteiger partial charge in [-0.3, -0.25) is 4.79 Å². The highest BCUT2D eigenvalue weighted by atomic mass is 32.1. The fourth-order valence-electron chi connectivity index (χ4n) is 1.71. The van der Waals surface area contributed by atoms with Crippen LogP contribution in [0.2, 0.25) is 0 Å². The summed E-state index contributed by atoms with van der Waals surface area (Å²) in [5.74, 6) is -0.0606. The van der Waals surface area contributed by atoms with Crippen LogP contribution in [0.4, 0.5) is 5.69 Å². The lowest BCUT2D eigenvalue weighted by molar-refractivity contribution is 0.0935. The van der Waals surface area contributed by atoms with Crippen LogP contribution in [0, 0.1) is 0 Å². The van der Waals surface area contributed by atoms with E-state index in [0.717, 1.165) is 10.7 Å². The lowest BCUT2D eigenvalue weighted by atomic mass is 10.1. The predicted octanol–water partition coefficient (Wildman–Crippen LogP) is 2.00. The number of carbonyl (C=O) groups is 1. The number of nitrogens with zero attached hydrogens (tertiary/aromatic N) is 1. The molecule has 0 saturated carbocycles. The molecule has 2 N–H and O–H groups in total. The summed E-state index contributed by atoms with van der Waals surface area (Å²) in [5, 5.41) is 8.87. The van der Waals surface area contributed by atoms with Crippen LogP contribution in [0.15, 0.2) is 35.8 Å². The average molecular weight is 231 g/mol. The maximum absolute atomic E-state index is 11.8. The van der Waals surface area contributed by atoms with Crippen molar-refractivity contribution in [1.82, 2.24) is 10.3 Å². The number of nitrogens with one attached hydrogen (secondary N) is 2. The van der Waals surface area contributed by atoms with E-state index >= 15 is 0 Å². The monoisotopic (exact) mass is 231 g/mol. The molecule has 1 aliphatic heterocycles. The molecule has 0 radical (unpaired) electrons. The third-order valence-electron chi connectivity index (χ3n) is 2.45. The Morgan fingerprint density at radius 2 is 2.12 bits per heavy atom. The third kappa shape index (κ3) is 1.45. The summed E-state index contributed by atoms with van der Waals surface area (Å²) in [7, 11) is 0. The van der Waals surface area contributed by atoms with Crippen molar-refractivity contribution in [2.75, 3.05) is 5.32 Å². The minimum absolute atomic E-state index is 0.0606. The van der Waals surface area contributed by atoms with Crippen LogP contribution in [-0.4, -0.2) is 10.9 Å². The summed E-state index contributed by atoms with van der Waals surface area (Å²) in [4.78, 5) is 16.0. The lowest BCUT2D eigenvalue weighted by Gasteiger charge is -2.26. The average Bonchev–Trinajstić information content (AvgIpc) is 2.82. The van der Waals surface area contributed by atoms with E-state index in [9.17, 15) is 4.79 Å². The Balaban J connectivity index is 1.98. The number of rotatable bonds is 1. The first kappa shape index (κ1) is 9.35. The maximum Gasteiger partial charge on any atom is 0.255 e. The number of fused-ring (bicyclic) bond motifs is 1. The van der Waals surface area contributed by atoms with Gasteiger partial charge in [-0.1, -0.05) is 12.1 Å². The first-order chi connectivity index (χ1) is 7.84. The van der Waals surface area contributed by atoms with Gasteiger partial charge in [0.05, 0.1) is 5.56 Å². The van der Waals surface area contributed by atoms with Crippen molar-refractivity contribution < 1.29 is 4.79 Å². The molecule has 0 fully saturated rings. The van der Waals surface area contributed by atoms with Crippen LogP contribution in [0.1, 0.15) is 21.5 Å². The molecule has 80 valence electrons. The van der Waals surface area contributed by atoms with E-state index in [1.807, 2.05) is 23.6 Å². The number of aromatic nitrogens is 1. The minimum Gasteiger partial charge on any atom is -0.359 e. The molecule has 16 heavy (non-hydrogen) atoms. The number of anilines is 1. The number of hydrogen-bond donors (Lipinski definition) is 2. The number of carbonyl (C=O) groups excluding carboxylic acids is 1. The Hall–Kier alpha value is -1.88. The van der Waals surface area contributed by atoms with Gasteiger partial charge in [0.15, 0.2) is 6.17 Å². The van der Waals surface area contributed by atoms with Crippen molar-refractivity contribution in [1.29, 1.82) is 0 Å². The van der Waals surface area contributed by atoms with Crippen molar-refractivity contribution >= 4 is 22.9 Å². The van der Waals surface area contributed by atoms with Crippen LogP contribution in [0.3, 0.4) is 0 Å². The second kappa shape index (κ2) is 3.61. The Morgan fingerprint density at radius 1 is 1.25 bits per heavy atom. The fraction of sp³-hybridized carbons (Fsp3) is 0.0909. The first-order valence-corrected chi connectivity index (χ1v) is 5.78. The normalized spacial score (nSPS) is 18.5. The SMILES string of the molecule is O=C1N[C@H](c2nccs2)Nc2ccccc21. The van der Waals surface area contributed by atoms with E-state index in [-0.39, 0.29) is 12.1 Å². The lowest BCUT2D eigenvalue weighted by Crippen LogP contribution is -2.38. The van der Waals surface area contributed by atoms with Crippen LogP contribution >= 0.6 is 11.3 Å². The summed E-state index contributed by atoms with van der Waals surface area (Å²) in [6.07, 6.45) is 1.51. The summed E-state index contributed by atoms with van der Waals surface area (Å²) in [6.45, 7) is 0. The predicted molar refractivity (Wildman–Crippen MR) is 62.4 cm³/mol. The largest absolute Gasteiger partial charge is 0.359 e. The molecule has 0 aliphatic carbocycles. The van der Waals surface area contributed by atoms with Gasteiger partial charge in [0.25, 0.3) is 5.91 Å². The van der Waals surface area contributed by atoms with Gasteiger partial charge in [-0.25, -0.2) is 4.98 Å². The molecule has 0 saturated heterocycles. The molecular formula is C11H9N3OS. The van der Waals surface area contributed by atoms with Crippen molar-refractivity contribution in [2.24, 2.45) is 0 Å². The molecular weight excluding hydrogens is 222 g/mol. The molecule has 1 aliphatic rings. The molecule has 1 aromatic heterocycles. The highest BCUT2D eigenvalue weighted by Gasteiger charge is 2.25. The third-order valence-corrected chi connectivity index (χ3v) is 3.29. The molecule has 4 nitrogen and oxygen atoms in total. The summed E-state index contributed by atoms with van der Waals surface area (Å²) < 4.78 is 0. The second-order valence-corrected chi connectivity index (χ2v) is 4.39. The summed E-state index contributed by atoms with van der Waals surface area (Å²) in [5.41, 5.74) is 1.53. The Bertz CT molecular complexity index is 524. The van der Waals surface area contributed by atoms with Crippen LogP contribution in [0.5, 0.6) is 0 Å². The number of hydrogen-bond acceptors (Lipinski definition) is 4. The molecule has 1 atom stereocenters. The minimum atomic E-state index is -0.220. The fourth-order valence-corrected chi connectivity index (χ4v) is 2.34. The van der Waals surface area contributed by atoms with Gasteiger partial charge in [-0.2, -0.15) is 0 Å². The molecule has 2 aromatic rings. The maximum atomic E-state index is 11.8. The van der Waals surface area contributed by atoms with E-state index in [1.165, 1.54) is 11.3 Å². The van der Waals surface area contributed by atoms with Gasteiger partial charge in [0, 0.05) is 17.3 Å². The topological polar surface area (TPSA) is 54.0 Å². The van der Waals surface area contributed by atoms with E-state index < -0.39 is 0 Å². The molecule has 0 bridgehead atoms. The standard InChI is InChI=1S/C11H9N3OS/c15-10-7-3-1-2-4-8(7)13-9(14-10)11-12-5-6-16-11/h1-6,9,13H,(H,14,15)/t9-/m1/s1. The molecule has 5 heteroatoms. The van der Waals surface area contributed by atoms with Gasteiger partial charge in [0.2, 0.25) is 0 Å². The van der Waals surface area contributed by atoms with Crippen molar-refractivity contribution in [3.05, 3.63) is 46.4 Å². The van der Waals surface area contributed by atoms with Gasteiger partial charge in [0.1, 0.15) is 5.01 Å². The molecule has 1 amide bonds. The van der Waals surface area contributed by atoms with E-state index in [2.05, 4.69) is 15.6 Å². The zero-order valence-electron chi connectivity index (χ0n) is 8.31. The summed E-state index contributed by atoms with van der Waals surface area (Å²) in [6, 6.07) is 7.46. The molecule has 0 unspecified atom stereocenters. The van der Waals surface area contributed by atoms with Crippen LogP contribution in [-0.2, 0) is 0 Å². The number of amides is 1. The Morgan fingerprint density at radius 3 is 2.94 bits per heavy atom. The number of para-hydroxylation sites is 1. The van der Waals surface area contributed by atoms with Crippen molar-refractivity contribution in [2.45, 2.75) is 6.17 Å².